The molecule has 0 unspecified atom stereocenters. The highest BCUT2D eigenvalue weighted by molar-refractivity contribution is 7.89. The van der Waals surface area contributed by atoms with Gasteiger partial charge in [-0.15, -0.1) is 0 Å². The first-order chi connectivity index (χ1) is 15.3. The van der Waals surface area contributed by atoms with Crippen LogP contribution < -0.4 is 5.32 Å². The number of rotatable bonds is 7. The number of piperidine rings is 1. The Balaban J connectivity index is 1.41. The molecule has 1 aliphatic heterocycles. The number of hydrogen-bond donors (Lipinski definition) is 1. The molecular formula is C23H30N4O4S. The minimum Gasteiger partial charge on any atom is -0.361 e. The standard InChI is InChI=1S/C23H30N4O4S/c1-4-26-13-10-18-14-20(7-8-22(18)26)32(29,30)27-12-5-6-19(15-27)23(28)24-11-9-21-16(2)25-31-17(21)3/h7-8,10,13-14,19H,4-6,9,11-12,15H2,1-3H3,(H,24,28)/t19-/m0/s1. The molecule has 8 nitrogen and oxygen atoms in total. The van der Waals surface area contributed by atoms with Gasteiger partial charge in [-0.05, 0) is 64.3 Å². The van der Waals surface area contributed by atoms with E-state index in [2.05, 4.69) is 22.0 Å². The summed E-state index contributed by atoms with van der Waals surface area (Å²) in [6.07, 6.45) is 3.95. The van der Waals surface area contributed by atoms with Crippen LogP contribution in [-0.2, 0) is 27.8 Å². The number of nitrogens with zero attached hydrogens (tertiary/aromatic N) is 3. The normalized spacial score (nSPS) is 17.7. The lowest BCUT2D eigenvalue weighted by atomic mass is 9.98. The predicted octanol–water partition coefficient (Wildman–Crippen LogP) is 3.03. The number of carbonyl (C=O) groups excluding carboxylic acids is 1. The maximum Gasteiger partial charge on any atom is 0.243 e. The van der Waals surface area contributed by atoms with Crippen molar-refractivity contribution in [3.05, 3.63) is 47.5 Å². The number of fused-ring (bicyclic) bond motifs is 1. The van der Waals surface area contributed by atoms with Gasteiger partial charge in [0.2, 0.25) is 15.9 Å². The molecule has 2 aromatic heterocycles. The molecule has 3 heterocycles. The second-order valence-corrected chi connectivity index (χ2v) is 10.3. The highest BCUT2D eigenvalue weighted by atomic mass is 32.2. The molecule has 172 valence electrons. The number of aromatic nitrogens is 2. The van der Waals surface area contributed by atoms with E-state index in [1.54, 1.807) is 12.1 Å². The van der Waals surface area contributed by atoms with Gasteiger partial charge in [-0.3, -0.25) is 4.79 Å². The first-order valence-electron chi connectivity index (χ1n) is 11.1. The van der Waals surface area contributed by atoms with Gasteiger partial charge in [-0.1, -0.05) is 5.16 Å². The van der Waals surface area contributed by atoms with Gasteiger partial charge in [-0.2, -0.15) is 4.31 Å². The summed E-state index contributed by atoms with van der Waals surface area (Å²) in [6, 6.07) is 7.18. The fourth-order valence-corrected chi connectivity index (χ4v) is 6.01. The van der Waals surface area contributed by atoms with Crippen molar-refractivity contribution in [2.75, 3.05) is 19.6 Å². The lowest BCUT2D eigenvalue weighted by Gasteiger charge is -2.31. The average molecular weight is 459 g/mol. The summed E-state index contributed by atoms with van der Waals surface area (Å²) in [4.78, 5) is 13.0. The molecule has 32 heavy (non-hydrogen) atoms. The predicted molar refractivity (Wildman–Crippen MR) is 122 cm³/mol. The van der Waals surface area contributed by atoms with Crippen molar-refractivity contribution in [2.24, 2.45) is 5.92 Å². The lowest BCUT2D eigenvalue weighted by Crippen LogP contribution is -2.45. The Morgan fingerprint density at radius 1 is 1.28 bits per heavy atom. The highest BCUT2D eigenvalue weighted by Gasteiger charge is 2.33. The zero-order chi connectivity index (χ0) is 22.9. The Morgan fingerprint density at radius 2 is 2.09 bits per heavy atom. The summed E-state index contributed by atoms with van der Waals surface area (Å²) in [7, 11) is -3.66. The second kappa shape index (κ2) is 9.07. The summed E-state index contributed by atoms with van der Waals surface area (Å²) in [6.45, 7) is 7.72. The number of sulfonamides is 1. The molecule has 1 atom stereocenters. The van der Waals surface area contributed by atoms with Crippen molar-refractivity contribution in [1.82, 2.24) is 19.3 Å². The number of aryl methyl sites for hydroxylation is 3. The summed E-state index contributed by atoms with van der Waals surface area (Å²) in [5.41, 5.74) is 2.85. The molecule has 9 heteroatoms. The van der Waals surface area contributed by atoms with Crippen LogP contribution in [0.15, 0.2) is 39.9 Å². The van der Waals surface area contributed by atoms with E-state index < -0.39 is 10.0 Å². The Bertz CT molecular complexity index is 1210. The van der Waals surface area contributed by atoms with Crippen LogP contribution in [-0.4, -0.2) is 48.0 Å². The van der Waals surface area contributed by atoms with Gasteiger partial charge in [0.05, 0.1) is 16.5 Å². The van der Waals surface area contributed by atoms with Crippen LogP contribution in [0.3, 0.4) is 0 Å². The minimum absolute atomic E-state index is 0.105. The monoisotopic (exact) mass is 458 g/mol. The van der Waals surface area contributed by atoms with Gasteiger partial charge < -0.3 is 14.4 Å². The highest BCUT2D eigenvalue weighted by Crippen LogP contribution is 2.27. The smallest absolute Gasteiger partial charge is 0.243 e. The molecule has 0 aliphatic carbocycles. The molecule has 0 radical (unpaired) electrons. The van der Waals surface area contributed by atoms with Gasteiger partial charge in [0.25, 0.3) is 0 Å². The van der Waals surface area contributed by atoms with Crippen LogP contribution in [0.25, 0.3) is 10.9 Å². The zero-order valence-electron chi connectivity index (χ0n) is 18.8. The second-order valence-electron chi connectivity index (χ2n) is 8.37. The maximum atomic E-state index is 13.3. The zero-order valence-corrected chi connectivity index (χ0v) is 19.6. The molecular weight excluding hydrogens is 428 g/mol. The average Bonchev–Trinajstić information content (AvgIpc) is 3.36. The van der Waals surface area contributed by atoms with Crippen molar-refractivity contribution >= 4 is 26.8 Å². The largest absolute Gasteiger partial charge is 0.361 e. The van der Waals surface area contributed by atoms with E-state index in [-0.39, 0.29) is 23.3 Å². The Labute approximate surface area is 188 Å². The SMILES string of the molecule is CCn1ccc2cc(S(=O)(=O)N3CCC[C@H](C(=O)NCCc4c(C)noc4C)C3)ccc21. The van der Waals surface area contributed by atoms with E-state index in [1.807, 2.05) is 32.2 Å². The van der Waals surface area contributed by atoms with E-state index >= 15 is 0 Å². The first kappa shape index (κ1) is 22.5. The fraction of sp³-hybridized carbons (Fsp3) is 0.478. The van der Waals surface area contributed by atoms with Gasteiger partial charge >= 0.3 is 0 Å². The molecule has 4 rings (SSSR count). The number of nitrogens with one attached hydrogen (secondary N) is 1. The van der Waals surface area contributed by atoms with Crippen LogP contribution in [0, 0.1) is 19.8 Å². The fourth-order valence-electron chi connectivity index (χ4n) is 4.45. The number of carbonyl (C=O) groups is 1. The van der Waals surface area contributed by atoms with Gasteiger partial charge in [0.1, 0.15) is 5.76 Å². The molecule has 1 N–H and O–H groups in total. The molecule has 0 saturated carbocycles. The summed E-state index contributed by atoms with van der Waals surface area (Å²) < 4.78 is 35.3. The van der Waals surface area contributed by atoms with Crippen LogP contribution in [0.2, 0.25) is 0 Å². The molecule has 1 fully saturated rings. The van der Waals surface area contributed by atoms with E-state index in [9.17, 15) is 13.2 Å². The maximum absolute atomic E-state index is 13.3. The third-order valence-electron chi connectivity index (χ3n) is 6.33. The Morgan fingerprint density at radius 3 is 2.81 bits per heavy atom. The van der Waals surface area contributed by atoms with Crippen LogP contribution in [0.5, 0.6) is 0 Å². The molecule has 1 aliphatic rings. The summed E-state index contributed by atoms with van der Waals surface area (Å²) in [5, 5.41) is 7.79. The number of benzene rings is 1. The third-order valence-corrected chi connectivity index (χ3v) is 8.19. The molecule has 0 bridgehead atoms. The van der Waals surface area contributed by atoms with Crippen LogP contribution in [0.1, 0.15) is 36.8 Å². The number of hydrogen-bond acceptors (Lipinski definition) is 5. The van der Waals surface area contributed by atoms with Crippen molar-refractivity contribution in [2.45, 2.75) is 51.5 Å². The first-order valence-corrected chi connectivity index (χ1v) is 12.5. The number of amides is 1. The topological polar surface area (TPSA) is 97.4 Å². The quantitative estimate of drug-likeness (QED) is 0.587. The van der Waals surface area contributed by atoms with Crippen molar-refractivity contribution in [3.8, 4) is 0 Å². The van der Waals surface area contributed by atoms with Crippen molar-refractivity contribution in [3.63, 3.8) is 0 Å². The Kier molecular flexibility index (Phi) is 6.39. The molecule has 3 aromatic rings. The summed E-state index contributed by atoms with van der Waals surface area (Å²) in [5.74, 6) is 0.304. The molecule has 0 spiro atoms. The van der Waals surface area contributed by atoms with E-state index in [4.69, 9.17) is 4.52 Å². The molecule has 1 amide bonds. The molecule has 1 saturated heterocycles. The van der Waals surface area contributed by atoms with E-state index in [0.29, 0.717) is 32.4 Å². The van der Waals surface area contributed by atoms with E-state index in [0.717, 1.165) is 34.5 Å². The van der Waals surface area contributed by atoms with Crippen LogP contribution in [0.4, 0.5) is 0 Å². The summed E-state index contributed by atoms with van der Waals surface area (Å²) >= 11 is 0. The van der Waals surface area contributed by atoms with Crippen molar-refractivity contribution < 1.29 is 17.7 Å². The Hall–Kier alpha value is -2.65. The van der Waals surface area contributed by atoms with Gasteiger partial charge in [-0.25, -0.2) is 8.42 Å². The van der Waals surface area contributed by atoms with E-state index in [1.165, 1.54) is 4.31 Å². The van der Waals surface area contributed by atoms with Gasteiger partial charge in [0.15, 0.2) is 0 Å². The van der Waals surface area contributed by atoms with Gasteiger partial charge in [0, 0.05) is 48.8 Å². The van der Waals surface area contributed by atoms with Crippen LogP contribution >= 0.6 is 0 Å². The minimum atomic E-state index is -3.66. The molecule has 1 aromatic carbocycles. The lowest BCUT2D eigenvalue weighted by molar-refractivity contribution is -0.126. The third kappa shape index (κ3) is 4.31. The van der Waals surface area contributed by atoms with Crippen molar-refractivity contribution in [1.29, 1.82) is 0 Å².